The normalized spacial score (nSPS) is 23.7. The molecule has 0 aromatic heterocycles. The van der Waals surface area contributed by atoms with E-state index in [9.17, 15) is 5.11 Å². The molecule has 0 radical (unpaired) electrons. The standard InChI is InChI=1S/C13H19NO/c1-10(15)11-6-2-3-7-12(11)13-8-4-5-9-14-13/h2-3,6-7,10,13-15H,4-5,8-9H2,1H3. The van der Waals surface area contributed by atoms with Gasteiger partial charge in [-0.2, -0.15) is 0 Å². The molecule has 82 valence electrons. The van der Waals surface area contributed by atoms with Crippen molar-refractivity contribution in [1.82, 2.24) is 5.32 Å². The quantitative estimate of drug-likeness (QED) is 0.777. The molecule has 2 nitrogen and oxygen atoms in total. The highest BCUT2D eigenvalue weighted by atomic mass is 16.3. The summed E-state index contributed by atoms with van der Waals surface area (Å²) < 4.78 is 0. The van der Waals surface area contributed by atoms with Crippen LogP contribution in [0.4, 0.5) is 0 Å². The van der Waals surface area contributed by atoms with Crippen molar-refractivity contribution < 1.29 is 5.11 Å². The molecule has 1 heterocycles. The van der Waals surface area contributed by atoms with Crippen molar-refractivity contribution >= 4 is 0 Å². The number of hydrogen-bond acceptors (Lipinski definition) is 2. The number of aliphatic hydroxyl groups excluding tert-OH is 1. The zero-order valence-corrected chi connectivity index (χ0v) is 9.24. The van der Waals surface area contributed by atoms with Gasteiger partial charge in [-0.25, -0.2) is 0 Å². The lowest BCUT2D eigenvalue weighted by atomic mass is 9.92. The molecular weight excluding hydrogens is 186 g/mol. The molecule has 0 saturated carbocycles. The lowest BCUT2D eigenvalue weighted by Crippen LogP contribution is -2.27. The van der Waals surface area contributed by atoms with E-state index >= 15 is 0 Å². The van der Waals surface area contributed by atoms with Crippen molar-refractivity contribution in [3.8, 4) is 0 Å². The van der Waals surface area contributed by atoms with Gasteiger partial charge in [0.15, 0.2) is 0 Å². The van der Waals surface area contributed by atoms with E-state index in [0.29, 0.717) is 6.04 Å². The summed E-state index contributed by atoms with van der Waals surface area (Å²) in [5.74, 6) is 0. The van der Waals surface area contributed by atoms with Gasteiger partial charge < -0.3 is 10.4 Å². The molecule has 2 N–H and O–H groups in total. The SMILES string of the molecule is CC(O)c1ccccc1C1CCCCN1. The number of aliphatic hydroxyl groups is 1. The highest BCUT2D eigenvalue weighted by molar-refractivity contribution is 5.31. The fourth-order valence-corrected chi connectivity index (χ4v) is 2.33. The van der Waals surface area contributed by atoms with Gasteiger partial charge in [0.05, 0.1) is 6.10 Å². The van der Waals surface area contributed by atoms with Crippen LogP contribution in [0.15, 0.2) is 24.3 Å². The van der Waals surface area contributed by atoms with Crippen LogP contribution in [0.5, 0.6) is 0 Å². The highest BCUT2D eigenvalue weighted by Crippen LogP contribution is 2.28. The fourth-order valence-electron chi connectivity index (χ4n) is 2.33. The molecular formula is C13H19NO. The molecule has 0 aliphatic carbocycles. The van der Waals surface area contributed by atoms with Gasteiger partial charge in [-0.3, -0.25) is 0 Å². The zero-order chi connectivity index (χ0) is 10.7. The summed E-state index contributed by atoms with van der Waals surface area (Å²) in [5, 5.41) is 13.2. The first-order chi connectivity index (χ1) is 7.29. The number of nitrogens with one attached hydrogen (secondary N) is 1. The Bertz CT molecular complexity index is 316. The minimum absolute atomic E-state index is 0.370. The zero-order valence-electron chi connectivity index (χ0n) is 9.24. The molecule has 1 aromatic rings. The van der Waals surface area contributed by atoms with Gasteiger partial charge >= 0.3 is 0 Å². The van der Waals surface area contributed by atoms with Gasteiger partial charge in [-0.15, -0.1) is 0 Å². The third-order valence-corrected chi connectivity index (χ3v) is 3.13. The first-order valence-corrected chi connectivity index (χ1v) is 5.79. The van der Waals surface area contributed by atoms with Crippen LogP contribution in [0.25, 0.3) is 0 Å². The largest absolute Gasteiger partial charge is 0.389 e. The number of hydrogen-bond donors (Lipinski definition) is 2. The van der Waals surface area contributed by atoms with Gasteiger partial charge in [-0.05, 0) is 37.4 Å². The lowest BCUT2D eigenvalue weighted by Gasteiger charge is -2.26. The smallest absolute Gasteiger partial charge is 0.0765 e. The van der Waals surface area contributed by atoms with E-state index in [1.165, 1.54) is 24.8 Å². The van der Waals surface area contributed by atoms with Crippen LogP contribution in [0.1, 0.15) is 49.5 Å². The topological polar surface area (TPSA) is 32.3 Å². The average Bonchev–Trinajstić information content (AvgIpc) is 2.30. The minimum Gasteiger partial charge on any atom is -0.389 e. The maximum absolute atomic E-state index is 9.71. The third-order valence-electron chi connectivity index (χ3n) is 3.13. The number of benzene rings is 1. The molecule has 2 heteroatoms. The van der Waals surface area contributed by atoms with Crippen LogP contribution in [-0.4, -0.2) is 11.7 Å². The first-order valence-electron chi connectivity index (χ1n) is 5.79. The summed E-state index contributed by atoms with van der Waals surface area (Å²) >= 11 is 0. The molecule has 0 amide bonds. The monoisotopic (exact) mass is 205 g/mol. The lowest BCUT2D eigenvalue weighted by molar-refractivity contribution is 0.196. The Kier molecular flexibility index (Phi) is 3.39. The molecule has 15 heavy (non-hydrogen) atoms. The number of piperidine rings is 1. The highest BCUT2D eigenvalue weighted by Gasteiger charge is 2.18. The summed E-state index contributed by atoms with van der Waals surface area (Å²) in [6, 6.07) is 8.64. The Hall–Kier alpha value is -0.860. The van der Waals surface area contributed by atoms with E-state index in [4.69, 9.17) is 0 Å². The van der Waals surface area contributed by atoms with Crippen molar-refractivity contribution in [3.63, 3.8) is 0 Å². The van der Waals surface area contributed by atoms with E-state index in [0.717, 1.165) is 12.1 Å². The van der Waals surface area contributed by atoms with Gasteiger partial charge in [-0.1, -0.05) is 30.7 Å². The Morgan fingerprint density at radius 2 is 2.13 bits per heavy atom. The van der Waals surface area contributed by atoms with Crippen molar-refractivity contribution in [2.24, 2.45) is 0 Å². The Labute approximate surface area is 91.3 Å². The maximum atomic E-state index is 9.71. The molecule has 1 aliphatic heterocycles. The van der Waals surface area contributed by atoms with E-state index in [2.05, 4.69) is 17.4 Å². The van der Waals surface area contributed by atoms with Crippen LogP contribution in [-0.2, 0) is 0 Å². The van der Waals surface area contributed by atoms with Crippen molar-refractivity contribution in [3.05, 3.63) is 35.4 Å². The molecule has 1 fully saturated rings. The van der Waals surface area contributed by atoms with Crippen molar-refractivity contribution in [1.29, 1.82) is 0 Å². The van der Waals surface area contributed by atoms with Crippen LogP contribution < -0.4 is 5.32 Å². The van der Waals surface area contributed by atoms with Gasteiger partial charge in [0.2, 0.25) is 0 Å². The van der Waals surface area contributed by atoms with Crippen LogP contribution in [0, 0.1) is 0 Å². The van der Waals surface area contributed by atoms with Crippen molar-refractivity contribution in [2.75, 3.05) is 6.54 Å². The molecule has 2 unspecified atom stereocenters. The second-order valence-electron chi connectivity index (χ2n) is 4.31. The second kappa shape index (κ2) is 4.77. The fraction of sp³-hybridized carbons (Fsp3) is 0.538. The van der Waals surface area contributed by atoms with E-state index in [1.807, 2.05) is 19.1 Å². The van der Waals surface area contributed by atoms with Crippen LogP contribution in [0.2, 0.25) is 0 Å². The maximum Gasteiger partial charge on any atom is 0.0765 e. The summed E-state index contributed by atoms with van der Waals surface area (Å²) in [4.78, 5) is 0. The summed E-state index contributed by atoms with van der Waals surface area (Å²) in [5.41, 5.74) is 2.34. The Morgan fingerprint density at radius 1 is 1.33 bits per heavy atom. The summed E-state index contributed by atoms with van der Waals surface area (Å²) in [7, 11) is 0. The van der Waals surface area contributed by atoms with Gasteiger partial charge in [0.1, 0.15) is 0 Å². The molecule has 1 aliphatic rings. The summed E-state index contributed by atoms with van der Waals surface area (Å²) in [6.07, 6.45) is 3.37. The average molecular weight is 205 g/mol. The minimum atomic E-state index is -0.370. The Balaban J connectivity index is 2.25. The number of rotatable bonds is 2. The molecule has 0 bridgehead atoms. The molecule has 1 aromatic carbocycles. The molecule has 0 spiro atoms. The predicted molar refractivity (Wildman–Crippen MR) is 61.7 cm³/mol. The van der Waals surface area contributed by atoms with E-state index in [1.54, 1.807) is 0 Å². The first kappa shape index (κ1) is 10.7. The summed E-state index contributed by atoms with van der Waals surface area (Å²) in [6.45, 7) is 2.93. The third kappa shape index (κ3) is 2.39. The van der Waals surface area contributed by atoms with Crippen molar-refractivity contribution in [2.45, 2.75) is 38.3 Å². The Morgan fingerprint density at radius 3 is 2.80 bits per heavy atom. The predicted octanol–water partition coefficient (Wildman–Crippen LogP) is 2.55. The molecule has 2 rings (SSSR count). The second-order valence-corrected chi connectivity index (χ2v) is 4.31. The van der Waals surface area contributed by atoms with Gasteiger partial charge in [0.25, 0.3) is 0 Å². The van der Waals surface area contributed by atoms with E-state index in [-0.39, 0.29) is 6.10 Å². The van der Waals surface area contributed by atoms with Crippen LogP contribution in [0.3, 0.4) is 0 Å². The van der Waals surface area contributed by atoms with Gasteiger partial charge in [0, 0.05) is 6.04 Å². The molecule has 1 saturated heterocycles. The van der Waals surface area contributed by atoms with Crippen LogP contribution >= 0.6 is 0 Å². The molecule has 2 atom stereocenters. The van der Waals surface area contributed by atoms with E-state index < -0.39 is 0 Å².